The number of hydrogen-bond acceptors (Lipinski definition) is 2. The summed E-state index contributed by atoms with van der Waals surface area (Å²) in [6.07, 6.45) is 1.98. The van der Waals surface area contributed by atoms with E-state index < -0.39 is 0 Å². The van der Waals surface area contributed by atoms with Crippen LogP contribution in [-0.2, 0) is 0 Å². The molecular formula is C6H11BrN2. The van der Waals surface area contributed by atoms with E-state index in [2.05, 4.69) is 33.5 Å². The fourth-order valence-corrected chi connectivity index (χ4v) is 1.30. The first-order chi connectivity index (χ1) is 4.19. The van der Waals surface area contributed by atoms with Crippen LogP contribution < -0.4 is 10.6 Å². The number of hydrogen-bond donors (Lipinski definition) is 2. The maximum absolute atomic E-state index is 3.46. The summed E-state index contributed by atoms with van der Waals surface area (Å²) in [6, 6.07) is 0. The lowest BCUT2D eigenvalue weighted by Gasteiger charge is -2.22. The summed E-state index contributed by atoms with van der Waals surface area (Å²) < 4.78 is 1.19. The van der Waals surface area contributed by atoms with Crippen molar-refractivity contribution in [2.45, 2.75) is 12.5 Å². The fraction of sp³-hybridized carbons (Fsp3) is 0.667. The summed E-state index contributed by atoms with van der Waals surface area (Å²) in [4.78, 5) is 0. The molecule has 0 saturated heterocycles. The molecule has 0 aliphatic carbocycles. The van der Waals surface area contributed by atoms with Crippen LogP contribution in [0.5, 0.6) is 0 Å². The number of nitrogens with one attached hydrogen (secondary N) is 2. The molecule has 1 aliphatic heterocycles. The topological polar surface area (TPSA) is 24.1 Å². The van der Waals surface area contributed by atoms with Gasteiger partial charge in [-0.2, -0.15) is 0 Å². The second-order valence-electron chi connectivity index (χ2n) is 2.46. The van der Waals surface area contributed by atoms with Gasteiger partial charge in [0.1, 0.15) is 0 Å². The largest absolute Gasteiger partial charge is 0.388 e. The van der Waals surface area contributed by atoms with Crippen molar-refractivity contribution in [2.75, 3.05) is 13.6 Å². The van der Waals surface area contributed by atoms with Crippen molar-refractivity contribution in [3.05, 3.63) is 10.7 Å². The van der Waals surface area contributed by atoms with Crippen LogP contribution in [0.1, 0.15) is 6.92 Å². The molecule has 0 amide bonds. The second-order valence-corrected chi connectivity index (χ2v) is 3.31. The SMILES string of the molecule is CNC1(C)CNC=C1Br. The van der Waals surface area contributed by atoms with E-state index in [0.29, 0.717) is 0 Å². The van der Waals surface area contributed by atoms with E-state index in [-0.39, 0.29) is 5.54 Å². The molecule has 0 radical (unpaired) electrons. The zero-order valence-corrected chi connectivity index (χ0v) is 7.25. The summed E-state index contributed by atoms with van der Waals surface area (Å²) in [5, 5.41) is 6.35. The van der Waals surface area contributed by atoms with Gasteiger partial charge in [-0.25, -0.2) is 0 Å². The molecule has 2 nitrogen and oxygen atoms in total. The van der Waals surface area contributed by atoms with Crippen LogP contribution >= 0.6 is 15.9 Å². The van der Waals surface area contributed by atoms with E-state index in [0.717, 1.165) is 6.54 Å². The zero-order chi connectivity index (χ0) is 6.91. The maximum atomic E-state index is 3.46. The first-order valence-electron chi connectivity index (χ1n) is 2.97. The Bertz CT molecular complexity index is 144. The van der Waals surface area contributed by atoms with Crippen LogP contribution in [0.15, 0.2) is 10.7 Å². The summed E-state index contributed by atoms with van der Waals surface area (Å²) in [5.74, 6) is 0. The van der Waals surface area contributed by atoms with Crippen molar-refractivity contribution in [1.82, 2.24) is 10.6 Å². The predicted molar refractivity (Wildman–Crippen MR) is 42.5 cm³/mol. The minimum Gasteiger partial charge on any atom is -0.388 e. The molecule has 0 aromatic heterocycles. The van der Waals surface area contributed by atoms with Crippen molar-refractivity contribution >= 4 is 15.9 Å². The summed E-state index contributed by atoms with van der Waals surface area (Å²) in [5.41, 5.74) is 0.111. The van der Waals surface area contributed by atoms with Gasteiger partial charge in [0.25, 0.3) is 0 Å². The van der Waals surface area contributed by atoms with Crippen molar-refractivity contribution in [2.24, 2.45) is 0 Å². The van der Waals surface area contributed by atoms with Crippen LogP contribution in [0.4, 0.5) is 0 Å². The Labute approximate surface area is 63.8 Å². The quantitative estimate of drug-likeness (QED) is 0.640. The smallest absolute Gasteiger partial charge is 0.0658 e. The highest BCUT2D eigenvalue weighted by Crippen LogP contribution is 2.24. The lowest BCUT2D eigenvalue weighted by atomic mass is 10.1. The van der Waals surface area contributed by atoms with Gasteiger partial charge in [0.05, 0.1) is 5.54 Å². The Hall–Kier alpha value is -0.0200. The first-order valence-corrected chi connectivity index (χ1v) is 3.77. The molecular weight excluding hydrogens is 180 g/mol. The number of rotatable bonds is 1. The molecule has 1 unspecified atom stereocenters. The molecule has 0 bridgehead atoms. The molecule has 0 aromatic rings. The Kier molecular flexibility index (Phi) is 1.82. The van der Waals surface area contributed by atoms with Gasteiger partial charge < -0.3 is 10.6 Å². The predicted octanol–water partition coefficient (Wildman–Crippen LogP) is 0.804. The monoisotopic (exact) mass is 190 g/mol. The number of halogens is 1. The van der Waals surface area contributed by atoms with Gasteiger partial charge in [-0.1, -0.05) is 15.9 Å². The Balaban J connectivity index is 2.70. The third-order valence-corrected chi connectivity index (χ3v) is 2.87. The van der Waals surface area contributed by atoms with Gasteiger partial charge in [-0.3, -0.25) is 0 Å². The lowest BCUT2D eigenvalue weighted by molar-refractivity contribution is 0.487. The Morgan fingerprint density at radius 1 is 1.89 bits per heavy atom. The average Bonchev–Trinajstić information content (AvgIpc) is 2.15. The second kappa shape index (κ2) is 2.31. The van der Waals surface area contributed by atoms with Crippen LogP contribution in [-0.4, -0.2) is 19.1 Å². The summed E-state index contributed by atoms with van der Waals surface area (Å²) in [7, 11) is 1.96. The van der Waals surface area contributed by atoms with Crippen molar-refractivity contribution in [1.29, 1.82) is 0 Å². The minimum absolute atomic E-state index is 0.111. The standard InChI is InChI=1S/C6H11BrN2/c1-6(8-2)4-9-3-5(6)7/h3,8-9H,4H2,1-2H3. The molecule has 2 N–H and O–H groups in total. The molecule has 0 fully saturated rings. The van der Waals surface area contributed by atoms with E-state index in [1.807, 2.05) is 13.2 Å². The van der Waals surface area contributed by atoms with Gasteiger partial charge in [-0.05, 0) is 14.0 Å². The van der Waals surface area contributed by atoms with Gasteiger partial charge in [0, 0.05) is 17.2 Å². The van der Waals surface area contributed by atoms with E-state index in [1.165, 1.54) is 4.48 Å². The van der Waals surface area contributed by atoms with E-state index in [9.17, 15) is 0 Å². The molecule has 0 saturated carbocycles. The fourth-order valence-electron chi connectivity index (χ4n) is 0.796. The minimum atomic E-state index is 0.111. The molecule has 9 heavy (non-hydrogen) atoms. The first kappa shape index (κ1) is 7.09. The molecule has 1 rings (SSSR count). The summed E-state index contributed by atoms with van der Waals surface area (Å²) >= 11 is 3.46. The molecule has 1 heterocycles. The van der Waals surface area contributed by atoms with Crippen LogP contribution in [0.25, 0.3) is 0 Å². The van der Waals surface area contributed by atoms with Crippen molar-refractivity contribution in [3.63, 3.8) is 0 Å². The van der Waals surface area contributed by atoms with Crippen molar-refractivity contribution in [3.8, 4) is 0 Å². The molecule has 1 atom stereocenters. The number of likely N-dealkylation sites (N-methyl/N-ethyl adjacent to an activating group) is 1. The van der Waals surface area contributed by atoms with E-state index in [1.54, 1.807) is 0 Å². The lowest BCUT2D eigenvalue weighted by Crippen LogP contribution is -2.43. The third kappa shape index (κ3) is 1.12. The van der Waals surface area contributed by atoms with Crippen molar-refractivity contribution < 1.29 is 0 Å². The Morgan fingerprint density at radius 2 is 2.56 bits per heavy atom. The highest BCUT2D eigenvalue weighted by molar-refractivity contribution is 9.11. The maximum Gasteiger partial charge on any atom is 0.0658 e. The molecule has 52 valence electrons. The normalized spacial score (nSPS) is 33.9. The van der Waals surface area contributed by atoms with Gasteiger partial charge in [0.15, 0.2) is 0 Å². The van der Waals surface area contributed by atoms with Crippen LogP contribution in [0, 0.1) is 0 Å². The molecule has 1 aliphatic rings. The third-order valence-electron chi connectivity index (χ3n) is 1.76. The highest BCUT2D eigenvalue weighted by Gasteiger charge is 2.28. The van der Waals surface area contributed by atoms with Crippen LogP contribution in [0.3, 0.4) is 0 Å². The van der Waals surface area contributed by atoms with Gasteiger partial charge in [-0.15, -0.1) is 0 Å². The van der Waals surface area contributed by atoms with Gasteiger partial charge >= 0.3 is 0 Å². The van der Waals surface area contributed by atoms with E-state index in [4.69, 9.17) is 0 Å². The van der Waals surface area contributed by atoms with Crippen LogP contribution in [0.2, 0.25) is 0 Å². The molecule has 0 aromatic carbocycles. The zero-order valence-electron chi connectivity index (χ0n) is 5.66. The Morgan fingerprint density at radius 3 is 2.78 bits per heavy atom. The van der Waals surface area contributed by atoms with Gasteiger partial charge in [0.2, 0.25) is 0 Å². The molecule has 3 heteroatoms. The molecule has 0 spiro atoms. The highest BCUT2D eigenvalue weighted by atomic mass is 79.9. The average molecular weight is 191 g/mol. The summed E-state index contributed by atoms with van der Waals surface area (Å²) in [6.45, 7) is 3.11. The van der Waals surface area contributed by atoms with E-state index >= 15 is 0 Å².